The molecule has 0 aliphatic carbocycles. The number of carbonyl (C=O) groups excluding carboxylic acids is 2. The summed E-state index contributed by atoms with van der Waals surface area (Å²) in [5, 5.41) is 7.41. The lowest BCUT2D eigenvalue weighted by molar-refractivity contribution is -0.150. The van der Waals surface area contributed by atoms with Crippen molar-refractivity contribution >= 4 is 27.6 Å². The first-order chi connectivity index (χ1) is 8.70. The van der Waals surface area contributed by atoms with Crippen LogP contribution < -0.4 is 10.5 Å². The van der Waals surface area contributed by atoms with Crippen molar-refractivity contribution in [3.63, 3.8) is 0 Å². The highest BCUT2D eigenvalue weighted by Crippen LogP contribution is 2.13. The van der Waals surface area contributed by atoms with E-state index in [1.807, 2.05) is 0 Å². The van der Waals surface area contributed by atoms with Crippen molar-refractivity contribution in [2.45, 2.75) is 24.8 Å². The lowest BCUT2D eigenvalue weighted by Crippen LogP contribution is -2.29. The molecule has 1 amide bonds. The SMILES string of the molecule is CC(=O)O[C@@H](C)C(=O)Nc1ccc(S(N)(=O)=O)cc1. The van der Waals surface area contributed by atoms with E-state index in [0.717, 1.165) is 0 Å². The van der Waals surface area contributed by atoms with Crippen LogP contribution in [-0.2, 0) is 24.3 Å². The van der Waals surface area contributed by atoms with Gasteiger partial charge in [0.1, 0.15) is 0 Å². The zero-order valence-electron chi connectivity index (χ0n) is 10.4. The fraction of sp³-hybridized carbons (Fsp3) is 0.273. The van der Waals surface area contributed by atoms with E-state index in [-0.39, 0.29) is 4.90 Å². The molecule has 3 N–H and O–H groups in total. The van der Waals surface area contributed by atoms with Crippen LogP contribution in [0, 0.1) is 0 Å². The van der Waals surface area contributed by atoms with Gasteiger partial charge in [0.2, 0.25) is 10.0 Å². The van der Waals surface area contributed by atoms with E-state index in [9.17, 15) is 18.0 Å². The van der Waals surface area contributed by atoms with Gasteiger partial charge in [-0.1, -0.05) is 0 Å². The fourth-order valence-electron chi connectivity index (χ4n) is 1.27. The van der Waals surface area contributed by atoms with Crippen molar-refractivity contribution in [1.29, 1.82) is 0 Å². The minimum Gasteiger partial charge on any atom is -0.453 e. The second-order valence-corrected chi connectivity index (χ2v) is 5.37. The molecular formula is C11H14N2O5S. The normalized spacial score (nSPS) is 12.6. The standard InChI is InChI=1S/C11H14N2O5S/c1-7(18-8(2)14)11(15)13-9-3-5-10(6-4-9)19(12,16)17/h3-7H,1-2H3,(H,13,15)(H2,12,16,17)/t7-/m0/s1. The van der Waals surface area contributed by atoms with Crippen LogP contribution in [0.2, 0.25) is 0 Å². The molecule has 7 nitrogen and oxygen atoms in total. The molecule has 0 heterocycles. The predicted octanol–water partition coefficient (Wildman–Crippen LogP) is 0.224. The number of nitrogens with one attached hydrogen (secondary N) is 1. The minimum atomic E-state index is -3.76. The first kappa shape index (κ1) is 15.1. The largest absolute Gasteiger partial charge is 0.453 e. The first-order valence-corrected chi connectivity index (χ1v) is 6.85. The van der Waals surface area contributed by atoms with E-state index in [1.165, 1.54) is 38.1 Å². The maximum atomic E-state index is 11.6. The molecule has 0 aromatic heterocycles. The van der Waals surface area contributed by atoms with Gasteiger partial charge in [0.25, 0.3) is 5.91 Å². The molecule has 0 fully saturated rings. The predicted molar refractivity (Wildman–Crippen MR) is 67.7 cm³/mol. The van der Waals surface area contributed by atoms with Gasteiger partial charge in [0, 0.05) is 12.6 Å². The third kappa shape index (κ3) is 4.68. The summed E-state index contributed by atoms with van der Waals surface area (Å²) in [6, 6.07) is 5.30. The molecule has 0 saturated carbocycles. The Kier molecular flexibility index (Phi) is 4.62. The minimum absolute atomic E-state index is 0.0569. The van der Waals surface area contributed by atoms with E-state index in [2.05, 4.69) is 5.32 Å². The van der Waals surface area contributed by atoms with Crippen molar-refractivity contribution < 1.29 is 22.7 Å². The first-order valence-electron chi connectivity index (χ1n) is 5.31. The molecule has 0 saturated heterocycles. The highest BCUT2D eigenvalue weighted by atomic mass is 32.2. The van der Waals surface area contributed by atoms with E-state index >= 15 is 0 Å². The van der Waals surface area contributed by atoms with E-state index in [4.69, 9.17) is 9.88 Å². The van der Waals surface area contributed by atoms with Gasteiger partial charge in [-0.25, -0.2) is 13.6 Å². The number of ether oxygens (including phenoxy) is 1. The lowest BCUT2D eigenvalue weighted by Gasteiger charge is -2.12. The monoisotopic (exact) mass is 286 g/mol. The number of rotatable bonds is 4. The molecule has 104 valence electrons. The second kappa shape index (κ2) is 5.81. The van der Waals surface area contributed by atoms with Gasteiger partial charge >= 0.3 is 5.97 Å². The molecule has 8 heteroatoms. The average Bonchev–Trinajstić information content (AvgIpc) is 2.27. The van der Waals surface area contributed by atoms with Crippen molar-refractivity contribution in [2.75, 3.05) is 5.32 Å². The van der Waals surface area contributed by atoms with Crippen LogP contribution in [0.3, 0.4) is 0 Å². The third-order valence-corrected chi connectivity index (χ3v) is 3.09. The van der Waals surface area contributed by atoms with Crippen LogP contribution in [-0.4, -0.2) is 26.4 Å². The summed E-state index contributed by atoms with van der Waals surface area (Å²) in [6.07, 6.45) is -0.935. The Bertz CT molecular complexity index is 580. The Labute approximate surface area is 110 Å². The Morgan fingerprint density at radius 3 is 2.21 bits per heavy atom. The van der Waals surface area contributed by atoms with Gasteiger partial charge in [-0.05, 0) is 31.2 Å². The molecule has 0 unspecified atom stereocenters. The van der Waals surface area contributed by atoms with Crippen LogP contribution in [0.4, 0.5) is 5.69 Å². The Morgan fingerprint density at radius 2 is 1.79 bits per heavy atom. The number of anilines is 1. The zero-order valence-corrected chi connectivity index (χ0v) is 11.2. The topological polar surface area (TPSA) is 116 Å². The molecule has 0 aliphatic rings. The van der Waals surface area contributed by atoms with Crippen LogP contribution >= 0.6 is 0 Å². The van der Waals surface area contributed by atoms with Crippen LogP contribution in [0.5, 0.6) is 0 Å². The lowest BCUT2D eigenvalue weighted by atomic mass is 10.3. The molecule has 1 atom stereocenters. The van der Waals surface area contributed by atoms with Crippen molar-refractivity contribution in [3.05, 3.63) is 24.3 Å². The van der Waals surface area contributed by atoms with Gasteiger partial charge in [-0.2, -0.15) is 0 Å². The van der Waals surface area contributed by atoms with Crippen molar-refractivity contribution in [1.82, 2.24) is 0 Å². The van der Waals surface area contributed by atoms with Gasteiger partial charge in [-0.3, -0.25) is 9.59 Å². The van der Waals surface area contributed by atoms with Crippen molar-refractivity contribution in [2.24, 2.45) is 5.14 Å². The van der Waals surface area contributed by atoms with Gasteiger partial charge in [0.05, 0.1) is 4.90 Å². The summed E-state index contributed by atoms with van der Waals surface area (Å²) in [5.41, 5.74) is 0.372. The molecule has 0 radical (unpaired) electrons. The summed E-state index contributed by atoms with van der Waals surface area (Å²) >= 11 is 0. The molecule has 0 bridgehead atoms. The number of carbonyl (C=O) groups is 2. The molecule has 0 spiro atoms. The van der Waals surface area contributed by atoms with E-state index < -0.39 is 28.0 Å². The number of hydrogen-bond acceptors (Lipinski definition) is 5. The average molecular weight is 286 g/mol. The summed E-state index contributed by atoms with van der Waals surface area (Å²) in [4.78, 5) is 22.2. The summed E-state index contributed by atoms with van der Waals surface area (Å²) in [7, 11) is -3.76. The quantitative estimate of drug-likeness (QED) is 0.768. The number of benzene rings is 1. The number of nitrogens with two attached hydrogens (primary N) is 1. The van der Waals surface area contributed by atoms with Crippen LogP contribution in [0.15, 0.2) is 29.2 Å². The number of amides is 1. The summed E-state index contributed by atoms with van der Waals surface area (Å²) in [5.74, 6) is -1.08. The Balaban J connectivity index is 2.73. The third-order valence-electron chi connectivity index (χ3n) is 2.16. The second-order valence-electron chi connectivity index (χ2n) is 3.81. The number of sulfonamides is 1. The molecule has 1 aromatic carbocycles. The molecule has 1 aromatic rings. The number of hydrogen-bond donors (Lipinski definition) is 2. The smallest absolute Gasteiger partial charge is 0.303 e. The van der Waals surface area contributed by atoms with Crippen LogP contribution in [0.25, 0.3) is 0 Å². The molecule has 19 heavy (non-hydrogen) atoms. The number of primary sulfonamides is 1. The molecule has 0 aliphatic heterocycles. The zero-order chi connectivity index (χ0) is 14.6. The molecule has 1 rings (SSSR count). The van der Waals surface area contributed by atoms with Crippen LogP contribution in [0.1, 0.15) is 13.8 Å². The highest BCUT2D eigenvalue weighted by Gasteiger charge is 2.16. The van der Waals surface area contributed by atoms with Gasteiger partial charge < -0.3 is 10.1 Å². The van der Waals surface area contributed by atoms with Gasteiger partial charge in [0.15, 0.2) is 6.10 Å². The van der Waals surface area contributed by atoms with Crippen molar-refractivity contribution in [3.8, 4) is 0 Å². The van der Waals surface area contributed by atoms with Gasteiger partial charge in [-0.15, -0.1) is 0 Å². The number of esters is 1. The maximum Gasteiger partial charge on any atom is 0.303 e. The summed E-state index contributed by atoms with van der Waals surface area (Å²) in [6.45, 7) is 2.63. The van der Waals surface area contributed by atoms with E-state index in [0.29, 0.717) is 5.69 Å². The Morgan fingerprint density at radius 1 is 1.26 bits per heavy atom. The Hall–Kier alpha value is -1.93. The maximum absolute atomic E-state index is 11.6. The highest BCUT2D eigenvalue weighted by molar-refractivity contribution is 7.89. The summed E-state index contributed by atoms with van der Waals surface area (Å²) < 4.78 is 26.8. The van der Waals surface area contributed by atoms with E-state index in [1.54, 1.807) is 0 Å². The molecular weight excluding hydrogens is 272 g/mol. The fourth-order valence-corrected chi connectivity index (χ4v) is 1.79.